The summed E-state index contributed by atoms with van der Waals surface area (Å²) in [6.45, 7) is 6.96. The summed E-state index contributed by atoms with van der Waals surface area (Å²) >= 11 is -2.37. The van der Waals surface area contributed by atoms with Crippen LogP contribution in [-0.4, -0.2) is 33.6 Å². The Morgan fingerprint density at radius 1 is 0.909 bits per heavy atom. The van der Waals surface area contributed by atoms with Crippen molar-refractivity contribution in [1.29, 1.82) is 0 Å². The van der Waals surface area contributed by atoms with Gasteiger partial charge >= 0.3 is 139 Å². The number of pyridine rings is 1. The predicted molar refractivity (Wildman–Crippen MR) is 98.4 cm³/mol. The van der Waals surface area contributed by atoms with Gasteiger partial charge in [0.1, 0.15) is 0 Å². The number of nitrogens with one attached hydrogen (secondary N) is 1. The monoisotopic (exact) mass is 409 g/mol. The van der Waals surface area contributed by atoms with E-state index in [9.17, 15) is 0 Å². The molecule has 0 amide bonds. The van der Waals surface area contributed by atoms with Crippen molar-refractivity contribution in [2.75, 3.05) is 0 Å². The van der Waals surface area contributed by atoms with E-state index in [1.807, 2.05) is 12.4 Å². The predicted octanol–water partition coefficient (Wildman–Crippen LogP) is 5.01. The van der Waals surface area contributed by atoms with Crippen molar-refractivity contribution in [2.24, 2.45) is 0 Å². The van der Waals surface area contributed by atoms with E-state index in [4.69, 9.17) is 4.98 Å². The minimum absolute atomic E-state index is 1.14. The molecular formula is C18H31N3Sn. The molecule has 4 heteroatoms. The molecule has 1 N–H and O–H groups in total. The summed E-state index contributed by atoms with van der Waals surface area (Å²) in [5, 5.41) is 8.46. The van der Waals surface area contributed by atoms with Crippen LogP contribution in [0.3, 0.4) is 0 Å². The molecule has 122 valence electrons. The number of fused-ring (bicyclic) bond motifs is 1. The fraction of sp³-hybridized carbons (Fsp3) is 0.667. The van der Waals surface area contributed by atoms with Crippen LogP contribution in [0, 0.1) is 0 Å². The molecule has 0 atom stereocenters. The number of unbranched alkanes of at least 4 members (excludes halogenated alkanes) is 3. The first-order valence-corrected chi connectivity index (χ1v) is 16.5. The summed E-state index contributed by atoms with van der Waals surface area (Å²) in [7, 11) is 0. The topological polar surface area (TPSA) is 41.6 Å². The zero-order valence-electron chi connectivity index (χ0n) is 14.5. The van der Waals surface area contributed by atoms with E-state index in [-0.39, 0.29) is 0 Å². The summed E-state index contributed by atoms with van der Waals surface area (Å²) in [6, 6.07) is 2.35. The normalized spacial score (nSPS) is 12.1. The van der Waals surface area contributed by atoms with Gasteiger partial charge in [0, 0.05) is 0 Å². The van der Waals surface area contributed by atoms with Gasteiger partial charge in [-0.25, -0.2) is 0 Å². The molecular weight excluding hydrogens is 377 g/mol. The van der Waals surface area contributed by atoms with Crippen LogP contribution in [0.25, 0.3) is 10.9 Å². The minimum atomic E-state index is -2.37. The van der Waals surface area contributed by atoms with E-state index in [1.54, 1.807) is 0 Å². The molecule has 0 saturated heterocycles. The summed E-state index contributed by atoms with van der Waals surface area (Å²) in [6.07, 6.45) is 12.0. The Kier molecular flexibility index (Phi) is 7.19. The second-order valence-electron chi connectivity index (χ2n) is 6.62. The van der Waals surface area contributed by atoms with Crippen LogP contribution in [0.2, 0.25) is 13.3 Å². The van der Waals surface area contributed by atoms with Crippen LogP contribution in [0.1, 0.15) is 59.3 Å². The third-order valence-electron chi connectivity index (χ3n) is 4.89. The quantitative estimate of drug-likeness (QED) is 0.562. The van der Waals surface area contributed by atoms with Crippen molar-refractivity contribution < 1.29 is 0 Å². The molecule has 0 aromatic carbocycles. The Hall–Kier alpha value is -0.581. The van der Waals surface area contributed by atoms with E-state index in [2.05, 4.69) is 37.0 Å². The number of rotatable bonds is 10. The molecule has 0 unspecified atom stereocenters. The van der Waals surface area contributed by atoms with Gasteiger partial charge in [-0.15, -0.1) is 0 Å². The first-order chi connectivity index (χ1) is 10.8. The average molecular weight is 408 g/mol. The van der Waals surface area contributed by atoms with E-state index in [1.165, 1.54) is 61.1 Å². The maximum atomic E-state index is 4.94. The molecule has 2 rings (SSSR count). The molecule has 0 saturated carbocycles. The van der Waals surface area contributed by atoms with Crippen molar-refractivity contribution in [3.05, 3.63) is 18.5 Å². The van der Waals surface area contributed by atoms with Gasteiger partial charge < -0.3 is 0 Å². The fourth-order valence-electron chi connectivity index (χ4n) is 3.43. The van der Waals surface area contributed by atoms with Gasteiger partial charge in [0.2, 0.25) is 0 Å². The standard InChI is InChI=1S/C6H4N3.3C4H9.Sn/c1-2-7-3-5-4-8-9-6(1)5;3*1-3-4-2;/h1,3-4H,(H,8,9);3*1,3-4H2,2H3;. The number of aromatic amines is 1. The first-order valence-electron chi connectivity index (χ1n) is 9.05. The van der Waals surface area contributed by atoms with E-state index >= 15 is 0 Å². The van der Waals surface area contributed by atoms with Crippen LogP contribution in [-0.2, 0) is 0 Å². The zero-order chi connectivity index (χ0) is 15.8. The van der Waals surface area contributed by atoms with Gasteiger partial charge in [-0.1, -0.05) is 0 Å². The molecule has 22 heavy (non-hydrogen) atoms. The van der Waals surface area contributed by atoms with Crippen LogP contribution in [0.5, 0.6) is 0 Å². The molecule has 0 aliphatic rings. The number of aromatic nitrogens is 3. The van der Waals surface area contributed by atoms with E-state index in [0.717, 1.165) is 5.39 Å². The Labute approximate surface area is 139 Å². The molecule has 2 aromatic rings. The Balaban J connectivity index is 2.36. The molecule has 2 heterocycles. The summed E-state index contributed by atoms with van der Waals surface area (Å²) in [5.74, 6) is 0. The van der Waals surface area contributed by atoms with Gasteiger partial charge in [0.25, 0.3) is 0 Å². The maximum absolute atomic E-state index is 4.94. The molecule has 2 aromatic heterocycles. The summed E-state index contributed by atoms with van der Waals surface area (Å²) in [4.78, 5) is 4.94. The van der Waals surface area contributed by atoms with Gasteiger partial charge in [-0.3, -0.25) is 0 Å². The number of hydrogen-bond acceptors (Lipinski definition) is 2. The number of hydrogen-bond donors (Lipinski definition) is 1. The van der Waals surface area contributed by atoms with Crippen LogP contribution in [0.15, 0.2) is 18.5 Å². The Morgan fingerprint density at radius 3 is 2.05 bits per heavy atom. The van der Waals surface area contributed by atoms with Crippen molar-refractivity contribution in [3.8, 4) is 0 Å². The van der Waals surface area contributed by atoms with E-state index < -0.39 is 18.4 Å². The van der Waals surface area contributed by atoms with Crippen LogP contribution < -0.4 is 3.71 Å². The van der Waals surface area contributed by atoms with E-state index in [0.29, 0.717) is 0 Å². The van der Waals surface area contributed by atoms with Gasteiger partial charge in [0.05, 0.1) is 0 Å². The summed E-state index contributed by atoms with van der Waals surface area (Å²) < 4.78 is 5.90. The molecule has 0 radical (unpaired) electrons. The Morgan fingerprint density at radius 2 is 1.50 bits per heavy atom. The van der Waals surface area contributed by atoms with Gasteiger partial charge in [0.15, 0.2) is 0 Å². The van der Waals surface area contributed by atoms with Gasteiger partial charge in [-0.05, 0) is 0 Å². The molecule has 0 fully saturated rings. The molecule has 0 bridgehead atoms. The van der Waals surface area contributed by atoms with Crippen molar-refractivity contribution in [1.82, 2.24) is 15.2 Å². The number of H-pyrrole nitrogens is 1. The zero-order valence-corrected chi connectivity index (χ0v) is 17.3. The first kappa shape index (κ1) is 17.8. The SMILES string of the molecule is CCC[CH2][Sn]([CH2]CCC)([CH2]CCC)[c]1cc2[nH]ncc2cn1. The summed E-state index contributed by atoms with van der Waals surface area (Å²) in [5.41, 5.74) is 1.18. The second kappa shape index (κ2) is 8.90. The number of nitrogens with zero attached hydrogens (tertiary/aromatic N) is 2. The van der Waals surface area contributed by atoms with Crippen molar-refractivity contribution in [2.45, 2.75) is 72.6 Å². The van der Waals surface area contributed by atoms with Crippen molar-refractivity contribution >= 4 is 33.0 Å². The second-order valence-corrected chi connectivity index (χ2v) is 19.7. The third-order valence-corrected chi connectivity index (χ3v) is 20.0. The van der Waals surface area contributed by atoms with Crippen LogP contribution >= 0.6 is 0 Å². The molecule has 3 nitrogen and oxygen atoms in total. The van der Waals surface area contributed by atoms with Gasteiger partial charge in [-0.2, -0.15) is 0 Å². The van der Waals surface area contributed by atoms with Crippen LogP contribution in [0.4, 0.5) is 0 Å². The van der Waals surface area contributed by atoms with Crippen molar-refractivity contribution in [3.63, 3.8) is 0 Å². The molecule has 0 spiro atoms. The fourth-order valence-corrected chi connectivity index (χ4v) is 18.8. The Bertz CT molecular complexity index is 542. The molecule has 0 aliphatic carbocycles. The molecule has 0 aliphatic heterocycles. The average Bonchev–Trinajstić information content (AvgIpc) is 3.02. The third kappa shape index (κ3) is 4.24.